The van der Waals surface area contributed by atoms with Crippen molar-refractivity contribution in [2.45, 2.75) is 38.8 Å². The number of ether oxygens (including phenoxy) is 1. The van der Waals surface area contributed by atoms with Gasteiger partial charge in [0, 0.05) is 0 Å². The number of aryl methyl sites for hydroxylation is 1. The molecule has 0 radical (unpaired) electrons. The minimum absolute atomic E-state index is 0.361. The van der Waals surface area contributed by atoms with Gasteiger partial charge in [-0.1, -0.05) is 44.0 Å². The van der Waals surface area contributed by atoms with Crippen LogP contribution in [0.1, 0.15) is 42.9 Å². The van der Waals surface area contributed by atoms with Crippen LogP contribution in [0.15, 0.2) is 52.7 Å². The summed E-state index contributed by atoms with van der Waals surface area (Å²) in [5.74, 6) is -1.35. The molecular weight excluding hydrogens is 372 g/mol. The van der Waals surface area contributed by atoms with Crippen molar-refractivity contribution in [1.29, 1.82) is 0 Å². The van der Waals surface area contributed by atoms with E-state index >= 15 is 0 Å². The highest BCUT2D eigenvalue weighted by atomic mass is 19.4. The number of hydrogen-bond donors (Lipinski definition) is 0. The molecule has 0 N–H and O–H groups in total. The monoisotopic (exact) mass is 394 g/mol. The van der Waals surface area contributed by atoms with Crippen LogP contribution in [0, 0.1) is 5.82 Å². The molecule has 3 nitrogen and oxygen atoms in total. The van der Waals surface area contributed by atoms with Crippen LogP contribution in [0.25, 0.3) is 0 Å². The van der Waals surface area contributed by atoms with Crippen LogP contribution < -0.4 is 4.74 Å². The van der Waals surface area contributed by atoms with Crippen LogP contribution in [-0.4, -0.2) is 25.2 Å². The average molecular weight is 394 g/mol. The van der Waals surface area contributed by atoms with Crippen LogP contribution in [0.2, 0.25) is 0 Å². The van der Waals surface area contributed by atoms with Crippen LogP contribution in [0.3, 0.4) is 0 Å². The summed E-state index contributed by atoms with van der Waals surface area (Å²) in [6, 6.07) is 11.6. The van der Waals surface area contributed by atoms with E-state index in [9.17, 15) is 17.6 Å². The zero-order valence-corrected chi connectivity index (χ0v) is 15.5. The second-order valence-electron chi connectivity index (χ2n) is 6.28. The molecule has 0 aliphatic rings. The molecule has 0 fully saturated rings. The van der Waals surface area contributed by atoms with Gasteiger partial charge in [-0.15, -0.1) is 0 Å². The molecule has 0 heterocycles. The molecule has 7 heteroatoms. The Kier molecular flexibility index (Phi) is 8.17. The van der Waals surface area contributed by atoms with Gasteiger partial charge in [0.05, 0.1) is 12.4 Å². The SMILES string of the molecule is CCCCCc1ccc(C=NN=Cc2ccc(OCC(F)(F)F)c(F)c2)cc1. The zero-order valence-electron chi connectivity index (χ0n) is 15.5. The molecular formula is C21H22F4N2O. The molecule has 0 bridgehead atoms. The largest absolute Gasteiger partial charge is 0.481 e. The van der Waals surface area contributed by atoms with Gasteiger partial charge in [0.2, 0.25) is 0 Å². The van der Waals surface area contributed by atoms with Crippen molar-refractivity contribution in [3.63, 3.8) is 0 Å². The summed E-state index contributed by atoms with van der Waals surface area (Å²) in [5, 5.41) is 7.74. The number of unbranched alkanes of at least 4 members (excludes halogenated alkanes) is 2. The predicted octanol–water partition coefficient (Wildman–Crippen LogP) is 5.95. The number of halogens is 4. The second kappa shape index (κ2) is 10.6. The molecule has 0 aromatic heterocycles. The number of nitrogens with zero attached hydrogens (tertiary/aromatic N) is 2. The zero-order chi connectivity index (χ0) is 20.4. The Balaban J connectivity index is 1.88. The Morgan fingerprint density at radius 3 is 2.18 bits per heavy atom. The van der Waals surface area contributed by atoms with Gasteiger partial charge in [-0.3, -0.25) is 0 Å². The van der Waals surface area contributed by atoms with Crippen molar-refractivity contribution < 1.29 is 22.3 Å². The van der Waals surface area contributed by atoms with Crippen molar-refractivity contribution in [2.75, 3.05) is 6.61 Å². The average Bonchev–Trinajstić information content (AvgIpc) is 2.65. The van der Waals surface area contributed by atoms with Gasteiger partial charge in [0.1, 0.15) is 0 Å². The van der Waals surface area contributed by atoms with E-state index in [1.54, 1.807) is 6.21 Å². The quantitative estimate of drug-likeness (QED) is 0.224. The number of benzene rings is 2. The molecule has 2 rings (SSSR count). The van der Waals surface area contributed by atoms with E-state index in [2.05, 4.69) is 34.0 Å². The topological polar surface area (TPSA) is 34.0 Å². The Labute approximate surface area is 161 Å². The third-order valence-corrected chi connectivity index (χ3v) is 3.88. The van der Waals surface area contributed by atoms with Gasteiger partial charge in [0.15, 0.2) is 18.2 Å². The summed E-state index contributed by atoms with van der Waals surface area (Å²) in [5.41, 5.74) is 2.52. The lowest BCUT2D eigenvalue weighted by molar-refractivity contribution is -0.153. The van der Waals surface area contributed by atoms with Gasteiger partial charge in [-0.05, 0) is 47.7 Å². The highest BCUT2D eigenvalue weighted by Crippen LogP contribution is 2.21. The highest BCUT2D eigenvalue weighted by molar-refractivity contribution is 5.82. The number of alkyl halides is 3. The smallest absolute Gasteiger partial charge is 0.422 e. The van der Waals surface area contributed by atoms with Gasteiger partial charge in [-0.2, -0.15) is 23.4 Å². The predicted molar refractivity (Wildman–Crippen MR) is 103 cm³/mol. The molecule has 150 valence electrons. The van der Waals surface area contributed by atoms with Gasteiger partial charge < -0.3 is 4.74 Å². The molecule has 0 aliphatic carbocycles. The standard InChI is InChI=1S/C21H22F4N2O/c1-2-3-4-5-16-6-8-17(9-7-16)13-26-27-14-18-10-11-20(19(22)12-18)28-15-21(23,24)25/h6-14H,2-5,15H2,1H3. The first kappa shape index (κ1) is 21.6. The molecule has 0 amide bonds. The summed E-state index contributed by atoms with van der Waals surface area (Å²) >= 11 is 0. The summed E-state index contributed by atoms with van der Waals surface area (Å²) in [4.78, 5) is 0. The third kappa shape index (κ3) is 7.90. The van der Waals surface area contributed by atoms with Gasteiger partial charge >= 0.3 is 6.18 Å². The van der Waals surface area contributed by atoms with Crippen molar-refractivity contribution in [2.24, 2.45) is 10.2 Å². The second-order valence-corrected chi connectivity index (χ2v) is 6.28. The Bertz CT molecular complexity index is 799. The summed E-state index contributed by atoms with van der Waals surface area (Å²) in [6.45, 7) is 0.629. The number of rotatable bonds is 9. The Hall–Kier alpha value is -2.70. The van der Waals surface area contributed by atoms with Gasteiger partial charge in [-0.25, -0.2) is 4.39 Å². The maximum atomic E-state index is 13.8. The van der Waals surface area contributed by atoms with Crippen molar-refractivity contribution >= 4 is 12.4 Å². The molecule has 28 heavy (non-hydrogen) atoms. The van der Waals surface area contributed by atoms with Crippen LogP contribution in [0.5, 0.6) is 5.75 Å². The summed E-state index contributed by atoms with van der Waals surface area (Å²) in [6.07, 6.45) is 3.00. The fourth-order valence-electron chi connectivity index (χ4n) is 2.42. The lowest BCUT2D eigenvalue weighted by Gasteiger charge is -2.09. The molecule has 0 aliphatic heterocycles. The molecule has 0 saturated carbocycles. The van der Waals surface area contributed by atoms with E-state index in [1.807, 2.05) is 12.1 Å². The Morgan fingerprint density at radius 2 is 1.57 bits per heavy atom. The maximum absolute atomic E-state index is 13.8. The Morgan fingerprint density at radius 1 is 0.929 bits per heavy atom. The molecule has 0 unspecified atom stereocenters. The summed E-state index contributed by atoms with van der Waals surface area (Å²) in [7, 11) is 0. The maximum Gasteiger partial charge on any atom is 0.422 e. The highest BCUT2D eigenvalue weighted by Gasteiger charge is 2.28. The first-order chi connectivity index (χ1) is 13.4. The van der Waals surface area contributed by atoms with Crippen LogP contribution in [-0.2, 0) is 6.42 Å². The fourth-order valence-corrected chi connectivity index (χ4v) is 2.42. The first-order valence-corrected chi connectivity index (χ1v) is 9.02. The van der Waals surface area contributed by atoms with E-state index in [-0.39, 0.29) is 0 Å². The van der Waals surface area contributed by atoms with E-state index in [1.165, 1.54) is 37.1 Å². The first-order valence-electron chi connectivity index (χ1n) is 9.02. The molecule has 2 aromatic carbocycles. The molecule has 0 atom stereocenters. The van der Waals surface area contributed by atoms with Crippen LogP contribution >= 0.6 is 0 Å². The van der Waals surface area contributed by atoms with E-state index in [0.717, 1.165) is 24.1 Å². The fraction of sp³-hybridized carbons (Fsp3) is 0.333. The molecule has 0 spiro atoms. The minimum atomic E-state index is -4.52. The van der Waals surface area contributed by atoms with Gasteiger partial charge in [0.25, 0.3) is 0 Å². The van der Waals surface area contributed by atoms with Crippen molar-refractivity contribution in [1.82, 2.24) is 0 Å². The molecule has 2 aromatic rings. The normalized spacial score (nSPS) is 12.2. The number of hydrogen-bond acceptors (Lipinski definition) is 3. The summed E-state index contributed by atoms with van der Waals surface area (Å²) < 4.78 is 54.5. The lowest BCUT2D eigenvalue weighted by atomic mass is 10.1. The lowest BCUT2D eigenvalue weighted by Crippen LogP contribution is -2.19. The van der Waals surface area contributed by atoms with Crippen molar-refractivity contribution in [3.05, 3.63) is 65.0 Å². The van der Waals surface area contributed by atoms with Crippen molar-refractivity contribution in [3.8, 4) is 5.75 Å². The third-order valence-electron chi connectivity index (χ3n) is 3.88. The minimum Gasteiger partial charge on any atom is -0.481 e. The van der Waals surface area contributed by atoms with E-state index in [0.29, 0.717) is 5.56 Å². The van der Waals surface area contributed by atoms with E-state index < -0.39 is 24.3 Å². The molecule has 0 saturated heterocycles. The van der Waals surface area contributed by atoms with E-state index in [4.69, 9.17) is 0 Å². The van der Waals surface area contributed by atoms with Crippen LogP contribution in [0.4, 0.5) is 17.6 Å².